The van der Waals surface area contributed by atoms with Crippen LogP contribution in [-0.2, 0) is 19.7 Å². The zero-order chi connectivity index (χ0) is 19.3. The van der Waals surface area contributed by atoms with E-state index in [9.17, 15) is 14.4 Å². The second-order valence-electron chi connectivity index (χ2n) is 6.80. The van der Waals surface area contributed by atoms with Gasteiger partial charge < -0.3 is 15.4 Å². The predicted octanol–water partition coefficient (Wildman–Crippen LogP) is 3.35. The Morgan fingerprint density at radius 3 is 1.58 bits per heavy atom. The molecule has 0 saturated heterocycles. The fraction of sp³-hybridized carbons (Fsp3) is 0.250. The van der Waals surface area contributed by atoms with Crippen molar-refractivity contribution in [2.75, 3.05) is 17.7 Å². The van der Waals surface area contributed by atoms with Crippen LogP contribution in [0.4, 0.5) is 11.4 Å². The van der Waals surface area contributed by atoms with Crippen LogP contribution in [0.1, 0.15) is 36.7 Å². The summed E-state index contributed by atoms with van der Waals surface area (Å²) in [5.74, 6) is -2.04. The number of rotatable bonds is 3. The third-order valence-electron chi connectivity index (χ3n) is 3.78. The third-order valence-corrected chi connectivity index (χ3v) is 3.78. The summed E-state index contributed by atoms with van der Waals surface area (Å²) >= 11 is 0. The van der Waals surface area contributed by atoms with Crippen molar-refractivity contribution in [2.45, 2.75) is 26.2 Å². The highest BCUT2D eigenvalue weighted by Crippen LogP contribution is 2.23. The topological polar surface area (TPSA) is 84.5 Å². The molecule has 136 valence electrons. The standard InChI is InChI=1S/C20H22N2O4/c1-20(2,3)14-7-11-16(12-8-14)22-18(24)17(23)21-15-9-5-13(6-10-15)19(25)26-4/h5-12H,1-4H3,(H,21,23)(H,22,24). The van der Waals surface area contributed by atoms with Crippen LogP contribution >= 0.6 is 0 Å². The lowest BCUT2D eigenvalue weighted by Crippen LogP contribution is -2.29. The van der Waals surface area contributed by atoms with Gasteiger partial charge in [-0.2, -0.15) is 0 Å². The molecule has 2 amide bonds. The van der Waals surface area contributed by atoms with Crippen molar-refractivity contribution in [1.29, 1.82) is 0 Å². The van der Waals surface area contributed by atoms with Gasteiger partial charge in [-0.15, -0.1) is 0 Å². The van der Waals surface area contributed by atoms with E-state index in [1.165, 1.54) is 31.4 Å². The van der Waals surface area contributed by atoms with Crippen LogP contribution < -0.4 is 10.6 Å². The van der Waals surface area contributed by atoms with E-state index in [0.29, 0.717) is 16.9 Å². The van der Waals surface area contributed by atoms with Crippen LogP contribution in [0.15, 0.2) is 48.5 Å². The summed E-state index contributed by atoms with van der Waals surface area (Å²) in [6, 6.07) is 13.4. The maximum Gasteiger partial charge on any atom is 0.337 e. The highest BCUT2D eigenvalue weighted by atomic mass is 16.5. The van der Waals surface area contributed by atoms with Gasteiger partial charge in [-0.3, -0.25) is 9.59 Å². The van der Waals surface area contributed by atoms with Crippen LogP contribution in [0.5, 0.6) is 0 Å². The van der Waals surface area contributed by atoms with Crippen molar-refractivity contribution in [3.8, 4) is 0 Å². The van der Waals surface area contributed by atoms with Gasteiger partial charge in [0.1, 0.15) is 0 Å². The van der Waals surface area contributed by atoms with E-state index in [-0.39, 0.29) is 5.41 Å². The second kappa shape index (κ2) is 7.82. The van der Waals surface area contributed by atoms with E-state index in [2.05, 4.69) is 36.1 Å². The lowest BCUT2D eigenvalue weighted by molar-refractivity contribution is -0.132. The molecule has 0 heterocycles. The first-order valence-corrected chi connectivity index (χ1v) is 8.12. The number of esters is 1. The molecule has 2 N–H and O–H groups in total. The summed E-state index contributed by atoms with van der Waals surface area (Å²) in [6.07, 6.45) is 0. The molecule has 0 saturated carbocycles. The third kappa shape index (κ3) is 4.92. The van der Waals surface area contributed by atoms with Crippen LogP contribution in [0, 0.1) is 0 Å². The Labute approximate surface area is 152 Å². The van der Waals surface area contributed by atoms with Crippen LogP contribution in [0.2, 0.25) is 0 Å². The minimum atomic E-state index is -0.796. The molecule has 0 unspecified atom stereocenters. The molecule has 0 aromatic heterocycles. The van der Waals surface area contributed by atoms with Crippen molar-refractivity contribution in [3.63, 3.8) is 0 Å². The average Bonchev–Trinajstić information content (AvgIpc) is 2.61. The van der Waals surface area contributed by atoms with Gasteiger partial charge in [-0.05, 0) is 47.4 Å². The Kier molecular flexibility index (Phi) is 5.77. The van der Waals surface area contributed by atoms with Crippen molar-refractivity contribution < 1.29 is 19.1 Å². The molecule has 0 radical (unpaired) electrons. The predicted molar refractivity (Wildman–Crippen MR) is 100 cm³/mol. The molecule has 0 bridgehead atoms. The number of nitrogens with one attached hydrogen (secondary N) is 2. The van der Waals surface area contributed by atoms with E-state index in [1.54, 1.807) is 12.1 Å². The number of carbonyl (C=O) groups excluding carboxylic acids is 3. The smallest absolute Gasteiger partial charge is 0.337 e. The van der Waals surface area contributed by atoms with E-state index < -0.39 is 17.8 Å². The zero-order valence-corrected chi connectivity index (χ0v) is 15.3. The highest BCUT2D eigenvalue weighted by molar-refractivity contribution is 6.43. The van der Waals surface area contributed by atoms with Crippen LogP contribution in [0.25, 0.3) is 0 Å². The molecule has 0 aliphatic heterocycles. The summed E-state index contributed by atoms with van der Waals surface area (Å²) in [4.78, 5) is 35.4. The Bertz CT molecular complexity index is 803. The summed E-state index contributed by atoms with van der Waals surface area (Å²) < 4.78 is 4.60. The van der Waals surface area contributed by atoms with Gasteiger partial charge in [-0.25, -0.2) is 4.79 Å². The maximum atomic E-state index is 12.0. The first-order chi connectivity index (χ1) is 12.2. The number of benzene rings is 2. The summed E-state index contributed by atoms with van der Waals surface area (Å²) in [6.45, 7) is 6.29. The molecule has 6 nitrogen and oxygen atoms in total. The lowest BCUT2D eigenvalue weighted by atomic mass is 9.87. The Morgan fingerprint density at radius 1 is 0.769 bits per heavy atom. The highest BCUT2D eigenvalue weighted by Gasteiger charge is 2.16. The summed E-state index contributed by atoms with van der Waals surface area (Å²) in [7, 11) is 1.29. The van der Waals surface area contributed by atoms with Crippen molar-refractivity contribution in [1.82, 2.24) is 0 Å². The lowest BCUT2D eigenvalue weighted by Gasteiger charge is -2.19. The minimum Gasteiger partial charge on any atom is -0.465 e. The largest absolute Gasteiger partial charge is 0.465 e. The molecule has 0 aliphatic carbocycles. The number of hydrogen-bond acceptors (Lipinski definition) is 4. The molecular formula is C20H22N2O4. The normalized spacial score (nSPS) is 10.8. The van der Waals surface area contributed by atoms with Gasteiger partial charge in [0.05, 0.1) is 12.7 Å². The quantitative estimate of drug-likeness (QED) is 0.654. The maximum absolute atomic E-state index is 12.0. The average molecular weight is 354 g/mol. The van der Waals surface area contributed by atoms with Crippen LogP contribution in [0.3, 0.4) is 0 Å². The van der Waals surface area contributed by atoms with Gasteiger partial charge in [0, 0.05) is 11.4 Å². The summed E-state index contributed by atoms with van der Waals surface area (Å²) in [5, 5.41) is 5.03. The fourth-order valence-electron chi connectivity index (χ4n) is 2.24. The van der Waals surface area contributed by atoms with E-state index >= 15 is 0 Å². The van der Waals surface area contributed by atoms with Crippen molar-refractivity contribution >= 4 is 29.2 Å². The van der Waals surface area contributed by atoms with Gasteiger partial charge in [0.15, 0.2) is 0 Å². The molecule has 0 spiro atoms. The molecule has 0 atom stereocenters. The molecule has 0 fully saturated rings. The number of ether oxygens (including phenoxy) is 1. The second-order valence-corrected chi connectivity index (χ2v) is 6.80. The summed E-state index contributed by atoms with van der Waals surface area (Å²) in [5.41, 5.74) is 2.44. The number of carbonyl (C=O) groups is 3. The van der Waals surface area contributed by atoms with Crippen molar-refractivity contribution in [2.24, 2.45) is 0 Å². The number of amides is 2. The number of methoxy groups -OCH3 is 1. The first-order valence-electron chi connectivity index (χ1n) is 8.12. The first kappa shape index (κ1) is 19.2. The molecule has 2 aromatic carbocycles. The monoisotopic (exact) mass is 354 g/mol. The number of hydrogen-bond donors (Lipinski definition) is 2. The SMILES string of the molecule is COC(=O)c1ccc(NC(=O)C(=O)Nc2ccc(C(C)(C)C)cc2)cc1. The zero-order valence-electron chi connectivity index (χ0n) is 15.3. The minimum absolute atomic E-state index is 0.0102. The number of anilines is 2. The molecule has 26 heavy (non-hydrogen) atoms. The van der Waals surface area contributed by atoms with Gasteiger partial charge >= 0.3 is 17.8 Å². The molecular weight excluding hydrogens is 332 g/mol. The fourth-order valence-corrected chi connectivity index (χ4v) is 2.24. The van der Waals surface area contributed by atoms with Crippen LogP contribution in [-0.4, -0.2) is 24.9 Å². The Hall–Kier alpha value is -3.15. The molecule has 0 aliphatic rings. The molecule has 2 aromatic rings. The van der Waals surface area contributed by atoms with Gasteiger partial charge in [0.25, 0.3) is 0 Å². The van der Waals surface area contributed by atoms with Crippen molar-refractivity contribution in [3.05, 3.63) is 59.7 Å². The van der Waals surface area contributed by atoms with Gasteiger partial charge in [-0.1, -0.05) is 32.9 Å². The molecule has 6 heteroatoms. The Morgan fingerprint density at radius 2 is 1.19 bits per heavy atom. The molecule has 2 rings (SSSR count). The van der Waals surface area contributed by atoms with E-state index in [1.807, 2.05) is 12.1 Å². The van der Waals surface area contributed by atoms with Gasteiger partial charge in [0.2, 0.25) is 0 Å². The van der Waals surface area contributed by atoms with E-state index in [4.69, 9.17) is 0 Å². The Balaban J connectivity index is 1.97. The van der Waals surface area contributed by atoms with E-state index in [0.717, 1.165) is 5.56 Å².